The van der Waals surface area contributed by atoms with Gasteiger partial charge in [-0.15, -0.1) is 0 Å². The van der Waals surface area contributed by atoms with E-state index in [1.54, 1.807) is 6.08 Å². The normalized spacial score (nSPS) is 15.7. The Kier molecular flexibility index (Phi) is 5.63. The van der Waals surface area contributed by atoms with E-state index in [4.69, 9.17) is 0 Å². The SMILES string of the molecule is CCc1ccc(/C=C/C(=O)c2ccc(C3CCCCC3)cc2)cc1. The molecule has 2 aromatic rings. The number of hydrogen-bond acceptors (Lipinski definition) is 1. The minimum Gasteiger partial charge on any atom is -0.289 e. The molecule has 0 radical (unpaired) electrons. The zero-order chi connectivity index (χ0) is 16.8. The molecule has 0 bridgehead atoms. The van der Waals surface area contributed by atoms with Crippen molar-refractivity contribution in [1.82, 2.24) is 0 Å². The molecule has 0 heterocycles. The molecule has 0 unspecified atom stereocenters. The minimum atomic E-state index is 0.0739. The fourth-order valence-corrected chi connectivity index (χ4v) is 3.49. The number of hydrogen-bond donors (Lipinski definition) is 0. The Hall–Kier alpha value is -2.15. The average molecular weight is 318 g/mol. The maximum Gasteiger partial charge on any atom is 0.185 e. The highest BCUT2D eigenvalue weighted by Gasteiger charge is 2.15. The molecule has 1 aliphatic rings. The van der Waals surface area contributed by atoms with Gasteiger partial charge in [-0.05, 0) is 47.9 Å². The van der Waals surface area contributed by atoms with Gasteiger partial charge in [0.25, 0.3) is 0 Å². The first kappa shape index (κ1) is 16.7. The van der Waals surface area contributed by atoms with E-state index in [9.17, 15) is 4.79 Å². The third-order valence-electron chi connectivity index (χ3n) is 5.09. The summed E-state index contributed by atoms with van der Waals surface area (Å²) in [4.78, 5) is 12.3. The van der Waals surface area contributed by atoms with Crippen LogP contribution in [0.2, 0.25) is 0 Å². The summed E-state index contributed by atoms with van der Waals surface area (Å²) in [7, 11) is 0. The average Bonchev–Trinajstić information content (AvgIpc) is 2.67. The fraction of sp³-hybridized carbons (Fsp3) is 0.348. The molecule has 0 amide bonds. The van der Waals surface area contributed by atoms with Gasteiger partial charge in [0.2, 0.25) is 0 Å². The lowest BCUT2D eigenvalue weighted by Crippen LogP contribution is -2.05. The summed E-state index contributed by atoms with van der Waals surface area (Å²) in [5.41, 5.74) is 4.55. The maximum atomic E-state index is 12.3. The lowest BCUT2D eigenvalue weighted by Gasteiger charge is -2.21. The first-order chi connectivity index (χ1) is 11.8. The molecule has 0 N–H and O–H groups in total. The summed E-state index contributed by atoms with van der Waals surface area (Å²) in [5.74, 6) is 0.764. The van der Waals surface area contributed by atoms with Crippen molar-refractivity contribution in [2.24, 2.45) is 0 Å². The Balaban J connectivity index is 1.64. The molecule has 1 aliphatic carbocycles. The van der Waals surface area contributed by atoms with E-state index >= 15 is 0 Å². The van der Waals surface area contributed by atoms with Crippen LogP contribution in [0, 0.1) is 0 Å². The molecule has 1 saturated carbocycles. The molecule has 3 rings (SSSR count). The molecular weight excluding hydrogens is 292 g/mol. The third kappa shape index (κ3) is 4.23. The largest absolute Gasteiger partial charge is 0.289 e. The molecule has 2 aromatic carbocycles. The summed E-state index contributed by atoms with van der Waals surface area (Å²) >= 11 is 0. The number of ketones is 1. The van der Waals surface area contributed by atoms with Gasteiger partial charge in [-0.2, -0.15) is 0 Å². The van der Waals surface area contributed by atoms with E-state index < -0.39 is 0 Å². The van der Waals surface area contributed by atoms with Crippen molar-refractivity contribution in [2.75, 3.05) is 0 Å². The van der Waals surface area contributed by atoms with E-state index in [0.717, 1.165) is 17.5 Å². The fourth-order valence-electron chi connectivity index (χ4n) is 3.49. The molecule has 1 fully saturated rings. The van der Waals surface area contributed by atoms with Crippen LogP contribution in [0.25, 0.3) is 6.08 Å². The predicted octanol–water partition coefficient (Wildman–Crippen LogP) is 6.19. The molecule has 1 nitrogen and oxygen atoms in total. The van der Waals surface area contributed by atoms with E-state index in [1.165, 1.54) is 43.2 Å². The van der Waals surface area contributed by atoms with Crippen molar-refractivity contribution >= 4 is 11.9 Å². The molecule has 124 valence electrons. The molecule has 0 aliphatic heterocycles. The van der Waals surface area contributed by atoms with Crippen molar-refractivity contribution in [3.05, 3.63) is 76.9 Å². The van der Waals surface area contributed by atoms with Crippen LogP contribution in [0.1, 0.15) is 72.0 Å². The number of allylic oxidation sites excluding steroid dienone is 1. The molecular formula is C23H26O. The molecule has 0 aromatic heterocycles. The first-order valence-electron chi connectivity index (χ1n) is 9.17. The van der Waals surface area contributed by atoms with Gasteiger partial charge in [-0.1, -0.05) is 80.8 Å². The van der Waals surface area contributed by atoms with Gasteiger partial charge in [0.05, 0.1) is 0 Å². The zero-order valence-electron chi connectivity index (χ0n) is 14.5. The van der Waals surface area contributed by atoms with Crippen LogP contribution >= 0.6 is 0 Å². The summed E-state index contributed by atoms with van der Waals surface area (Å²) in [6.45, 7) is 2.14. The Morgan fingerprint density at radius 3 is 2.25 bits per heavy atom. The van der Waals surface area contributed by atoms with Gasteiger partial charge in [-0.3, -0.25) is 4.79 Å². The second-order valence-electron chi connectivity index (χ2n) is 6.75. The van der Waals surface area contributed by atoms with E-state index in [2.05, 4.69) is 43.3 Å². The number of carbonyl (C=O) groups excluding carboxylic acids is 1. The topological polar surface area (TPSA) is 17.1 Å². The molecule has 1 heteroatoms. The second kappa shape index (κ2) is 8.10. The lowest BCUT2D eigenvalue weighted by atomic mass is 9.84. The Morgan fingerprint density at radius 2 is 1.62 bits per heavy atom. The number of rotatable bonds is 5. The first-order valence-corrected chi connectivity index (χ1v) is 9.17. The van der Waals surface area contributed by atoms with Crippen LogP contribution in [0.4, 0.5) is 0 Å². The smallest absolute Gasteiger partial charge is 0.185 e. The highest BCUT2D eigenvalue weighted by atomic mass is 16.1. The standard InChI is InChI=1S/C23H26O/c1-2-18-8-10-19(11-9-18)12-17-23(24)22-15-13-21(14-16-22)20-6-4-3-5-7-20/h8-17,20H,2-7H2,1H3/b17-12+. The summed E-state index contributed by atoms with van der Waals surface area (Å²) in [5, 5.41) is 0. The molecule has 0 atom stereocenters. The van der Waals surface area contributed by atoms with E-state index in [1.807, 2.05) is 18.2 Å². The molecule has 24 heavy (non-hydrogen) atoms. The Bertz CT molecular complexity index is 686. The van der Waals surface area contributed by atoms with Crippen molar-refractivity contribution in [2.45, 2.75) is 51.4 Å². The molecule has 0 spiro atoms. The van der Waals surface area contributed by atoms with Crippen molar-refractivity contribution in [1.29, 1.82) is 0 Å². The summed E-state index contributed by atoms with van der Waals surface area (Å²) in [6.07, 6.45) is 11.2. The predicted molar refractivity (Wildman–Crippen MR) is 101 cm³/mol. The Labute approximate surface area is 145 Å². The van der Waals surface area contributed by atoms with Gasteiger partial charge in [0.15, 0.2) is 5.78 Å². The number of benzene rings is 2. The number of carbonyl (C=O) groups is 1. The Morgan fingerprint density at radius 1 is 0.958 bits per heavy atom. The van der Waals surface area contributed by atoms with Gasteiger partial charge in [0, 0.05) is 5.56 Å². The van der Waals surface area contributed by atoms with Crippen molar-refractivity contribution < 1.29 is 4.79 Å². The second-order valence-corrected chi connectivity index (χ2v) is 6.75. The van der Waals surface area contributed by atoms with Crippen LogP contribution in [0.15, 0.2) is 54.6 Å². The quantitative estimate of drug-likeness (QED) is 0.474. The van der Waals surface area contributed by atoms with E-state index in [-0.39, 0.29) is 5.78 Å². The maximum absolute atomic E-state index is 12.3. The summed E-state index contributed by atoms with van der Waals surface area (Å²) in [6, 6.07) is 16.6. The lowest BCUT2D eigenvalue weighted by molar-refractivity contribution is 0.104. The van der Waals surface area contributed by atoms with Gasteiger partial charge >= 0.3 is 0 Å². The zero-order valence-corrected chi connectivity index (χ0v) is 14.5. The van der Waals surface area contributed by atoms with Crippen molar-refractivity contribution in [3.63, 3.8) is 0 Å². The minimum absolute atomic E-state index is 0.0739. The van der Waals surface area contributed by atoms with Gasteiger partial charge < -0.3 is 0 Å². The van der Waals surface area contributed by atoms with Gasteiger partial charge in [-0.25, -0.2) is 0 Å². The van der Waals surface area contributed by atoms with Crippen LogP contribution in [-0.2, 0) is 6.42 Å². The summed E-state index contributed by atoms with van der Waals surface area (Å²) < 4.78 is 0. The van der Waals surface area contributed by atoms with Crippen LogP contribution in [0.3, 0.4) is 0 Å². The molecule has 0 saturated heterocycles. The highest BCUT2D eigenvalue weighted by molar-refractivity contribution is 6.06. The highest BCUT2D eigenvalue weighted by Crippen LogP contribution is 2.32. The van der Waals surface area contributed by atoms with Crippen molar-refractivity contribution in [3.8, 4) is 0 Å². The van der Waals surface area contributed by atoms with Crippen LogP contribution in [-0.4, -0.2) is 5.78 Å². The van der Waals surface area contributed by atoms with Crippen LogP contribution in [0.5, 0.6) is 0 Å². The van der Waals surface area contributed by atoms with Crippen LogP contribution < -0.4 is 0 Å². The number of aryl methyl sites for hydroxylation is 1. The third-order valence-corrected chi connectivity index (χ3v) is 5.09. The monoisotopic (exact) mass is 318 g/mol. The van der Waals surface area contributed by atoms with Gasteiger partial charge in [0.1, 0.15) is 0 Å². The van der Waals surface area contributed by atoms with E-state index in [0.29, 0.717) is 5.92 Å².